The Bertz CT molecular complexity index is 968. The van der Waals surface area contributed by atoms with Gasteiger partial charge in [-0.05, 0) is 46.0 Å². The first-order valence-corrected chi connectivity index (χ1v) is 10.1. The number of hydrogen-bond acceptors (Lipinski definition) is 7. The minimum absolute atomic E-state index is 0. The van der Waals surface area contributed by atoms with Crippen molar-refractivity contribution in [1.29, 1.82) is 0 Å². The second-order valence-electron chi connectivity index (χ2n) is 5.90. The SMILES string of the molecule is Cl.O[C@H](CNCc1ccsc1)COc1cccc(-c2noc3ccsc23)c1. The van der Waals surface area contributed by atoms with E-state index in [-0.39, 0.29) is 19.0 Å². The van der Waals surface area contributed by atoms with E-state index in [4.69, 9.17) is 9.26 Å². The molecule has 142 valence electrons. The van der Waals surface area contributed by atoms with E-state index >= 15 is 0 Å². The van der Waals surface area contributed by atoms with Gasteiger partial charge >= 0.3 is 0 Å². The first-order chi connectivity index (χ1) is 12.8. The van der Waals surface area contributed by atoms with Gasteiger partial charge in [0.2, 0.25) is 0 Å². The number of benzene rings is 1. The Balaban J connectivity index is 0.00000210. The summed E-state index contributed by atoms with van der Waals surface area (Å²) < 4.78 is 12.1. The van der Waals surface area contributed by atoms with E-state index in [0.29, 0.717) is 12.3 Å². The highest BCUT2D eigenvalue weighted by molar-refractivity contribution is 7.17. The first kappa shape index (κ1) is 19.9. The lowest BCUT2D eigenvalue weighted by Crippen LogP contribution is -2.31. The lowest BCUT2D eigenvalue weighted by atomic mass is 10.1. The number of rotatable bonds is 8. The highest BCUT2D eigenvalue weighted by Gasteiger charge is 2.12. The smallest absolute Gasteiger partial charge is 0.178 e. The summed E-state index contributed by atoms with van der Waals surface area (Å²) >= 11 is 3.27. The molecule has 0 spiro atoms. The Hall–Kier alpha value is -1.90. The molecule has 3 heterocycles. The zero-order chi connectivity index (χ0) is 17.8. The van der Waals surface area contributed by atoms with Crippen LogP contribution in [0.1, 0.15) is 5.56 Å². The zero-order valence-electron chi connectivity index (χ0n) is 14.3. The van der Waals surface area contributed by atoms with Crippen molar-refractivity contribution >= 4 is 45.4 Å². The van der Waals surface area contributed by atoms with Crippen molar-refractivity contribution in [2.45, 2.75) is 12.6 Å². The highest BCUT2D eigenvalue weighted by atomic mass is 35.5. The molecule has 3 aromatic heterocycles. The van der Waals surface area contributed by atoms with E-state index < -0.39 is 6.10 Å². The number of aliphatic hydroxyl groups is 1. The molecule has 0 bridgehead atoms. The summed E-state index contributed by atoms with van der Waals surface area (Å²) in [6, 6.07) is 11.7. The van der Waals surface area contributed by atoms with E-state index in [1.807, 2.05) is 41.1 Å². The molecule has 0 unspecified atom stereocenters. The summed E-state index contributed by atoms with van der Waals surface area (Å²) in [5, 5.41) is 23.6. The van der Waals surface area contributed by atoms with Crippen molar-refractivity contribution in [2.75, 3.05) is 13.2 Å². The quantitative estimate of drug-likeness (QED) is 0.435. The van der Waals surface area contributed by atoms with Gasteiger partial charge in [-0.25, -0.2) is 0 Å². The monoisotopic (exact) mass is 422 g/mol. The Morgan fingerprint density at radius 2 is 2.15 bits per heavy atom. The van der Waals surface area contributed by atoms with Gasteiger partial charge in [-0.1, -0.05) is 17.3 Å². The zero-order valence-corrected chi connectivity index (χ0v) is 16.8. The van der Waals surface area contributed by atoms with Crippen LogP contribution in [0.5, 0.6) is 5.75 Å². The fraction of sp³-hybridized carbons (Fsp3) is 0.211. The summed E-state index contributed by atoms with van der Waals surface area (Å²) in [5.41, 5.74) is 3.78. The molecule has 8 heteroatoms. The largest absolute Gasteiger partial charge is 0.491 e. The molecular weight excluding hydrogens is 404 g/mol. The number of thiophene rings is 2. The molecule has 5 nitrogen and oxygen atoms in total. The second kappa shape index (κ2) is 9.34. The number of nitrogens with one attached hydrogen (secondary N) is 1. The molecular formula is C19H19ClN2O3S2. The van der Waals surface area contributed by atoms with Gasteiger partial charge in [-0.3, -0.25) is 0 Å². The maximum absolute atomic E-state index is 10.1. The summed E-state index contributed by atoms with van der Waals surface area (Å²) in [6.07, 6.45) is -0.576. The number of fused-ring (bicyclic) bond motifs is 1. The molecule has 0 fully saturated rings. The molecule has 2 N–H and O–H groups in total. The fourth-order valence-electron chi connectivity index (χ4n) is 2.62. The lowest BCUT2D eigenvalue weighted by molar-refractivity contribution is 0.106. The van der Waals surface area contributed by atoms with Gasteiger partial charge in [0, 0.05) is 18.7 Å². The van der Waals surface area contributed by atoms with Crippen molar-refractivity contribution in [3.8, 4) is 17.0 Å². The second-order valence-corrected chi connectivity index (χ2v) is 7.60. The first-order valence-electron chi connectivity index (χ1n) is 8.25. The minimum atomic E-state index is -0.576. The molecule has 27 heavy (non-hydrogen) atoms. The Morgan fingerprint density at radius 3 is 3.00 bits per heavy atom. The van der Waals surface area contributed by atoms with Gasteiger partial charge < -0.3 is 19.7 Å². The van der Waals surface area contributed by atoms with E-state index in [9.17, 15) is 5.11 Å². The van der Waals surface area contributed by atoms with Crippen LogP contribution in [0, 0.1) is 0 Å². The van der Waals surface area contributed by atoms with Gasteiger partial charge in [0.05, 0.1) is 0 Å². The third-order valence-electron chi connectivity index (χ3n) is 3.92. The number of hydrogen-bond donors (Lipinski definition) is 2. The third-order valence-corrected chi connectivity index (χ3v) is 5.55. The standard InChI is InChI=1S/C19H18N2O3S2.ClH/c22-15(10-20-9-13-4-6-25-12-13)11-23-16-3-1-2-14(8-16)18-19-17(24-21-18)5-7-26-19;/h1-8,12,15,20,22H,9-11H2;1H/t15-;/m1./s1. The van der Waals surface area contributed by atoms with Gasteiger partial charge in [0.25, 0.3) is 0 Å². The van der Waals surface area contributed by atoms with Gasteiger partial charge in [-0.15, -0.1) is 23.7 Å². The molecule has 0 aliphatic heterocycles. The maximum atomic E-state index is 10.1. The topological polar surface area (TPSA) is 67.5 Å². The summed E-state index contributed by atoms with van der Waals surface area (Å²) in [7, 11) is 0. The van der Waals surface area contributed by atoms with E-state index in [1.54, 1.807) is 22.7 Å². The lowest BCUT2D eigenvalue weighted by Gasteiger charge is -2.13. The van der Waals surface area contributed by atoms with Gasteiger partial charge in [0.1, 0.15) is 28.9 Å². The van der Waals surface area contributed by atoms with E-state index in [1.165, 1.54) is 5.56 Å². The molecule has 1 atom stereocenters. The molecule has 0 aliphatic carbocycles. The van der Waals surface area contributed by atoms with Crippen molar-refractivity contribution in [1.82, 2.24) is 10.5 Å². The molecule has 4 aromatic rings. The predicted octanol–water partition coefficient (Wildman–Crippen LogP) is 4.57. The van der Waals surface area contributed by atoms with Crippen LogP contribution in [-0.4, -0.2) is 29.5 Å². The number of halogens is 1. The van der Waals surface area contributed by atoms with E-state index in [0.717, 1.165) is 28.1 Å². The molecule has 1 aromatic carbocycles. The molecule has 0 amide bonds. The van der Waals surface area contributed by atoms with Gasteiger partial charge in [0.15, 0.2) is 5.58 Å². The van der Waals surface area contributed by atoms with Crippen LogP contribution in [0.25, 0.3) is 21.5 Å². The van der Waals surface area contributed by atoms with Crippen LogP contribution < -0.4 is 10.1 Å². The number of aromatic nitrogens is 1. The normalized spacial score (nSPS) is 12.0. The van der Waals surface area contributed by atoms with Crippen molar-refractivity contribution in [3.05, 3.63) is 58.1 Å². The van der Waals surface area contributed by atoms with Crippen LogP contribution in [0.2, 0.25) is 0 Å². The fourth-order valence-corrected chi connectivity index (χ4v) is 4.11. The summed E-state index contributed by atoms with van der Waals surface area (Å²) in [6.45, 7) is 1.46. The maximum Gasteiger partial charge on any atom is 0.178 e. The molecule has 0 saturated carbocycles. The van der Waals surface area contributed by atoms with E-state index in [2.05, 4.69) is 21.9 Å². The Kier molecular flexibility index (Phi) is 6.87. The predicted molar refractivity (Wildman–Crippen MR) is 112 cm³/mol. The summed E-state index contributed by atoms with van der Waals surface area (Å²) in [4.78, 5) is 0. The van der Waals surface area contributed by atoms with Crippen molar-refractivity contribution in [2.24, 2.45) is 0 Å². The number of aliphatic hydroxyl groups excluding tert-OH is 1. The number of nitrogens with zero attached hydrogens (tertiary/aromatic N) is 1. The molecule has 0 saturated heterocycles. The van der Waals surface area contributed by atoms with Crippen LogP contribution in [-0.2, 0) is 6.54 Å². The minimum Gasteiger partial charge on any atom is -0.491 e. The molecule has 4 rings (SSSR count). The number of ether oxygens (including phenoxy) is 1. The average molecular weight is 423 g/mol. The van der Waals surface area contributed by atoms with Crippen molar-refractivity contribution in [3.63, 3.8) is 0 Å². The average Bonchev–Trinajstić information content (AvgIpc) is 3.38. The summed E-state index contributed by atoms with van der Waals surface area (Å²) in [5.74, 6) is 0.701. The third kappa shape index (κ3) is 4.88. The molecule has 0 radical (unpaired) electrons. The van der Waals surface area contributed by atoms with Crippen molar-refractivity contribution < 1.29 is 14.4 Å². The van der Waals surface area contributed by atoms with Crippen LogP contribution in [0.3, 0.4) is 0 Å². The molecule has 0 aliphatic rings. The van der Waals surface area contributed by atoms with Crippen LogP contribution in [0.15, 0.2) is 57.1 Å². The van der Waals surface area contributed by atoms with Gasteiger partial charge in [-0.2, -0.15) is 11.3 Å². The highest BCUT2D eigenvalue weighted by Crippen LogP contribution is 2.33. The van der Waals surface area contributed by atoms with Crippen LogP contribution >= 0.6 is 35.1 Å². The Morgan fingerprint density at radius 1 is 1.22 bits per heavy atom. The van der Waals surface area contributed by atoms with Crippen LogP contribution in [0.4, 0.5) is 0 Å². The Labute approximate surface area is 171 Å².